The smallest absolute Gasteiger partial charge is 0.261 e. The van der Waals surface area contributed by atoms with Gasteiger partial charge in [-0.2, -0.15) is 0 Å². The van der Waals surface area contributed by atoms with Gasteiger partial charge in [-0.1, -0.05) is 105 Å². The van der Waals surface area contributed by atoms with Crippen molar-refractivity contribution in [1.29, 1.82) is 0 Å². The van der Waals surface area contributed by atoms with Crippen LogP contribution in [0, 0.1) is 0 Å². The van der Waals surface area contributed by atoms with Crippen LogP contribution in [-0.4, -0.2) is 33.4 Å². The lowest BCUT2D eigenvalue weighted by Gasteiger charge is -2.31. The van der Waals surface area contributed by atoms with Crippen molar-refractivity contribution in [3.8, 4) is 0 Å². The first-order valence-corrected chi connectivity index (χ1v) is 16.3. The number of hydrogen-bond donors (Lipinski definition) is 0. The topological polar surface area (TPSA) is 74.8 Å². The molecule has 8 heteroatoms. The third-order valence-corrected chi connectivity index (χ3v) is 10.5. The maximum atomic E-state index is 14.0. The zero-order valence-electron chi connectivity index (χ0n) is 23.9. The molecule has 0 fully saturated rings. The standard InChI is InChI=1S/C38H20Br2N2O4/c39-27-15-25-29-23(35(43)41(37(25)45)17-19-7-3-1-4-8-19)13-11-21-32-28(40)16-26-30-24(14-12-22(34(30)32)31(27)33(21)29)36(44)42(38(26)46)18-20-9-5-2-6-10-20/h1-16H,17-18H2. The van der Waals surface area contributed by atoms with Gasteiger partial charge in [0.2, 0.25) is 0 Å². The molecule has 0 saturated heterocycles. The monoisotopic (exact) mass is 726 g/mol. The van der Waals surface area contributed by atoms with E-state index in [2.05, 4.69) is 31.9 Å². The Morgan fingerprint density at radius 2 is 0.783 bits per heavy atom. The predicted molar refractivity (Wildman–Crippen MR) is 184 cm³/mol. The Balaban J connectivity index is 1.31. The van der Waals surface area contributed by atoms with Crippen LogP contribution in [0.4, 0.5) is 0 Å². The maximum Gasteiger partial charge on any atom is 0.261 e. The second-order valence-corrected chi connectivity index (χ2v) is 13.5. The number of imide groups is 2. The molecule has 9 rings (SSSR count). The number of rotatable bonds is 4. The van der Waals surface area contributed by atoms with E-state index in [1.807, 2.05) is 72.8 Å². The second kappa shape index (κ2) is 9.79. The van der Waals surface area contributed by atoms with Crippen LogP contribution >= 0.6 is 31.9 Å². The van der Waals surface area contributed by atoms with Gasteiger partial charge in [-0.05, 0) is 46.2 Å². The molecule has 0 N–H and O–H groups in total. The Labute approximate surface area is 278 Å². The third-order valence-electron chi connectivity index (χ3n) is 9.28. The summed E-state index contributed by atoms with van der Waals surface area (Å²) in [5, 5.41) is 6.09. The van der Waals surface area contributed by atoms with E-state index < -0.39 is 0 Å². The summed E-state index contributed by atoms with van der Waals surface area (Å²) in [6.45, 7) is 0.340. The Bertz CT molecular complexity index is 2350. The molecule has 0 atom stereocenters. The third kappa shape index (κ3) is 3.62. The first kappa shape index (κ1) is 27.4. The lowest BCUT2D eigenvalue weighted by Crippen LogP contribution is -2.40. The summed E-state index contributed by atoms with van der Waals surface area (Å²) in [7, 11) is 0. The van der Waals surface area contributed by atoms with Crippen LogP contribution in [-0.2, 0) is 13.1 Å². The number of fused-ring (bicyclic) bond motifs is 2. The largest absolute Gasteiger partial charge is 0.270 e. The van der Waals surface area contributed by atoms with Crippen molar-refractivity contribution in [3.63, 3.8) is 0 Å². The first-order chi connectivity index (χ1) is 22.3. The van der Waals surface area contributed by atoms with Crippen molar-refractivity contribution in [2.45, 2.75) is 13.1 Å². The summed E-state index contributed by atoms with van der Waals surface area (Å²) in [5.74, 6) is -1.39. The summed E-state index contributed by atoms with van der Waals surface area (Å²) < 4.78 is 1.38. The molecular formula is C38H20Br2N2O4. The van der Waals surface area contributed by atoms with Gasteiger partial charge in [0.05, 0.1) is 13.1 Å². The number of carbonyl (C=O) groups excluding carboxylic acids is 4. The van der Waals surface area contributed by atoms with Gasteiger partial charge in [-0.3, -0.25) is 29.0 Å². The fourth-order valence-corrected chi connectivity index (χ4v) is 8.57. The zero-order chi connectivity index (χ0) is 31.4. The summed E-state index contributed by atoms with van der Waals surface area (Å²) in [5.41, 5.74) is 3.55. The van der Waals surface area contributed by atoms with Crippen LogP contribution in [0.5, 0.6) is 0 Å². The SMILES string of the molecule is O=C1c2ccc3c4c(Br)cc5c6c(ccc(c7c(Br)cc(c2c37)C(=O)N1Cc1ccccc1)c64)C(=O)N(Cc1ccccc1)C5=O. The molecule has 0 spiro atoms. The normalized spacial score (nSPS) is 14.6. The van der Waals surface area contributed by atoms with Crippen LogP contribution in [0.1, 0.15) is 52.6 Å². The Kier molecular flexibility index (Phi) is 5.83. The van der Waals surface area contributed by atoms with E-state index in [4.69, 9.17) is 0 Å². The van der Waals surface area contributed by atoms with Gasteiger partial charge in [0.15, 0.2) is 0 Å². The second-order valence-electron chi connectivity index (χ2n) is 11.7. The summed E-state index contributed by atoms with van der Waals surface area (Å²) in [6, 6.07) is 29.9. The van der Waals surface area contributed by atoms with Gasteiger partial charge >= 0.3 is 0 Å². The van der Waals surface area contributed by atoms with Gasteiger partial charge in [0.1, 0.15) is 0 Å². The number of benzene rings is 7. The summed E-state index contributed by atoms with van der Waals surface area (Å²) >= 11 is 7.56. The van der Waals surface area contributed by atoms with Gasteiger partial charge in [-0.25, -0.2) is 0 Å². The fraction of sp³-hybridized carbons (Fsp3) is 0.0526. The Hall–Kier alpha value is -4.92. The number of halogens is 2. The quantitative estimate of drug-likeness (QED) is 0.103. The van der Waals surface area contributed by atoms with Gasteiger partial charge in [0, 0.05) is 63.5 Å². The lowest BCUT2D eigenvalue weighted by molar-refractivity contribution is 0.0583. The maximum absolute atomic E-state index is 14.0. The Morgan fingerprint density at radius 3 is 1.17 bits per heavy atom. The molecule has 7 aromatic carbocycles. The molecule has 46 heavy (non-hydrogen) atoms. The van der Waals surface area contributed by atoms with E-state index in [0.29, 0.717) is 42.0 Å². The molecule has 220 valence electrons. The molecule has 0 radical (unpaired) electrons. The molecule has 0 bridgehead atoms. The highest BCUT2D eigenvalue weighted by atomic mass is 79.9. The molecule has 7 aromatic rings. The van der Waals surface area contributed by atoms with Crippen molar-refractivity contribution in [3.05, 3.63) is 139 Å². The van der Waals surface area contributed by atoms with Crippen molar-refractivity contribution in [1.82, 2.24) is 9.80 Å². The molecule has 0 saturated carbocycles. The summed E-state index contributed by atoms with van der Waals surface area (Å²) in [6.07, 6.45) is 0. The fourth-order valence-electron chi connectivity index (χ4n) is 7.29. The highest BCUT2D eigenvalue weighted by Crippen LogP contribution is 2.50. The van der Waals surface area contributed by atoms with E-state index in [9.17, 15) is 19.2 Å². The number of carbonyl (C=O) groups is 4. The number of nitrogens with zero attached hydrogens (tertiary/aromatic N) is 2. The van der Waals surface area contributed by atoms with E-state index in [1.165, 1.54) is 9.80 Å². The van der Waals surface area contributed by atoms with Crippen molar-refractivity contribution in [2.24, 2.45) is 0 Å². The lowest BCUT2D eigenvalue weighted by atomic mass is 9.82. The molecule has 0 unspecified atom stereocenters. The van der Waals surface area contributed by atoms with E-state index in [0.717, 1.165) is 43.4 Å². The first-order valence-electron chi connectivity index (χ1n) is 14.7. The minimum atomic E-state index is -0.351. The van der Waals surface area contributed by atoms with Gasteiger partial charge in [0.25, 0.3) is 23.6 Å². The molecule has 2 heterocycles. The van der Waals surface area contributed by atoms with Gasteiger partial charge in [-0.15, -0.1) is 0 Å². The average Bonchev–Trinajstić information content (AvgIpc) is 3.07. The van der Waals surface area contributed by atoms with Crippen LogP contribution in [0.2, 0.25) is 0 Å². The highest BCUT2D eigenvalue weighted by molar-refractivity contribution is 9.11. The molecule has 0 aromatic heterocycles. The highest BCUT2D eigenvalue weighted by Gasteiger charge is 2.38. The Morgan fingerprint density at radius 1 is 0.413 bits per heavy atom. The van der Waals surface area contributed by atoms with Gasteiger partial charge < -0.3 is 0 Å². The van der Waals surface area contributed by atoms with Crippen LogP contribution in [0.15, 0.2) is 106 Å². The average molecular weight is 728 g/mol. The number of hydrogen-bond acceptors (Lipinski definition) is 4. The summed E-state index contributed by atoms with van der Waals surface area (Å²) in [4.78, 5) is 58.4. The molecule has 2 aliphatic rings. The molecule has 4 amide bonds. The number of amides is 4. The van der Waals surface area contributed by atoms with E-state index in [-0.39, 0.29) is 36.7 Å². The van der Waals surface area contributed by atoms with Crippen LogP contribution in [0.3, 0.4) is 0 Å². The van der Waals surface area contributed by atoms with Crippen molar-refractivity contribution in [2.75, 3.05) is 0 Å². The van der Waals surface area contributed by atoms with Crippen LogP contribution < -0.4 is 0 Å². The van der Waals surface area contributed by atoms with Crippen LogP contribution in [0.25, 0.3) is 43.1 Å². The van der Waals surface area contributed by atoms with Crippen molar-refractivity contribution >= 4 is 98.6 Å². The molecule has 0 aliphatic carbocycles. The van der Waals surface area contributed by atoms with E-state index >= 15 is 0 Å². The molecule has 2 aliphatic heterocycles. The zero-order valence-corrected chi connectivity index (χ0v) is 27.1. The molecule has 6 nitrogen and oxygen atoms in total. The minimum absolute atomic E-state index is 0.170. The predicted octanol–water partition coefficient (Wildman–Crippen LogP) is 8.85. The minimum Gasteiger partial charge on any atom is -0.270 e. The van der Waals surface area contributed by atoms with E-state index in [1.54, 1.807) is 24.3 Å². The van der Waals surface area contributed by atoms with Crippen molar-refractivity contribution < 1.29 is 19.2 Å². The molecular weight excluding hydrogens is 708 g/mol.